The van der Waals surface area contributed by atoms with Gasteiger partial charge < -0.3 is 15.5 Å². The Labute approximate surface area is 107 Å². The topological polar surface area (TPSA) is 98.2 Å². The third-order valence-corrected chi connectivity index (χ3v) is 2.51. The molecule has 1 heterocycles. The summed E-state index contributed by atoms with van der Waals surface area (Å²) in [6.07, 6.45) is 0. The summed E-state index contributed by atoms with van der Waals surface area (Å²) in [6.45, 7) is 0. The Bertz CT molecular complexity index is 654. The minimum atomic E-state index is -1.14. The summed E-state index contributed by atoms with van der Waals surface area (Å²) in [4.78, 5) is 10.9. The average molecular weight is 263 g/mol. The van der Waals surface area contributed by atoms with Gasteiger partial charge in [0.05, 0.1) is 11.3 Å². The van der Waals surface area contributed by atoms with Crippen LogP contribution in [0.15, 0.2) is 30.3 Å². The first kappa shape index (κ1) is 12.1. The van der Waals surface area contributed by atoms with Crippen molar-refractivity contribution in [3.05, 3.63) is 40.5 Å². The van der Waals surface area contributed by atoms with E-state index in [-0.39, 0.29) is 21.8 Å². The number of phenolic OH excluding ortho intramolecular Hbond substituents is 1. The molecule has 0 unspecified atom stereocenters. The fourth-order valence-electron chi connectivity index (χ4n) is 1.35. The highest BCUT2D eigenvalue weighted by Crippen LogP contribution is 2.24. The number of aromatic carboxylic acids is 1. The third-order valence-electron chi connectivity index (χ3n) is 2.20. The first-order valence-electron chi connectivity index (χ1n) is 4.96. The molecule has 0 radical (unpaired) electrons. The van der Waals surface area contributed by atoms with Crippen LogP contribution in [-0.4, -0.2) is 26.4 Å². The molecule has 18 heavy (non-hydrogen) atoms. The molecule has 0 atom stereocenters. The largest absolute Gasteiger partial charge is 0.506 e. The first-order chi connectivity index (χ1) is 8.58. The molecule has 0 saturated heterocycles. The number of anilines is 2. The number of aromatic nitrogens is 2. The van der Waals surface area contributed by atoms with Gasteiger partial charge in [-0.05, 0) is 12.1 Å². The molecule has 6 nitrogen and oxygen atoms in total. The molecule has 0 saturated carbocycles. The van der Waals surface area contributed by atoms with Crippen LogP contribution in [0.1, 0.15) is 10.4 Å². The molecule has 2 rings (SSSR count). The smallest absolute Gasteiger partial charge is 0.338 e. The van der Waals surface area contributed by atoms with Gasteiger partial charge in [0.15, 0.2) is 5.82 Å². The van der Waals surface area contributed by atoms with Gasteiger partial charge in [0, 0.05) is 6.07 Å². The van der Waals surface area contributed by atoms with Crippen LogP contribution in [0.5, 0.6) is 5.75 Å². The van der Waals surface area contributed by atoms with Crippen molar-refractivity contribution in [1.29, 1.82) is 0 Å². The van der Waals surface area contributed by atoms with E-state index in [9.17, 15) is 9.90 Å². The van der Waals surface area contributed by atoms with Crippen molar-refractivity contribution in [2.75, 3.05) is 5.32 Å². The number of hydrogen-bond acceptors (Lipinski definition) is 5. The number of H-pyrrole nitrogens is 1. The second-order valence-electron chi connectivity index (χ2n) is 3.44. The zero-order valence-corrected chi connectivity index (χ0v) is 9.86. The molecule has 0 amide bonds. The fourth-order valence-corrected chi connectivity index (χ4v) is 1.54. The molecule has 92 valence electrons. The number of carboxylic acid groups (broad SMARTS) is 1. The predicted molar refractivity (Wildman–Crippen MR) is 67.8 cm³/mol. The molecule has 0 aliphatic carbocycles. The van der Waals surface area contributed by atoms with E-state index in [2.05, 4.69) is 15.5 Å². The summed E-state index contributed by atoms with van der Waals surface area (Å²) < 4.78 is 0.0466. The van der Waals surface area contributed by atoms with E-state index in [1.807, 2.05) is 0 Å². The zero-order chi connectivity index (χ0) is 13.1. The van der Waals surface area contributed by atoms with E-state index < -0.39 is 5.97 Å². The lowest BCUT2D eigenvalue weighted by atomic mass is 10.2. The van der Waals surface area contributed by atoms with E-state index >= 15 is 0 Å². The van der Waals surface area contributed by atoms with E-state index in [1.165, 1.54) is 12.1 Å². The lowest BCUT2D eigenvalue weighted by molar-refractivity contribution is 0.0695. The number of phenols is 1. The molecule has 7 heteroatoms. The minimum Gasteiger partial charge on any atom is -0.506 e. The lowest BCUT2D eigenvalue weighted by Crippen LogP contribution is -2.03. The van der Waals surface area contributed by atoms with Crippen LogP contribution in [-0.2, 0) is 0 Å². The maximum absolute atomic E-state index is 10.9. The number of carboxylic acids is 1. The number of para-hydroxylation sites is 2. The van der Waals surface area contributed by atoms with Gasteiger partial charge in [-0.1, -0.05) is 24.4 Å². The van der Waals surface area contributed by atoms with Gasteiger partial charge in [0.2, 0.25) is 0 Å². The molecule has 1 aromatic heterocycles. The number of benzene rings is 1. The summed E-state index contributed by atoms with van der Waals surface area (Å²) in [5, 5.41) is 27.6. The second-order valence-corrected chi connectivity index (χ2v) is 3.85. The van der Waals surface area contributed by atoms with Gasteiger partial charge in [-0.25, -0.2) is 4.79 Å². The Hall–Kier alpha value is -2.41. The second kappa shape index (κ2) is 4.84. The Balaban J connectivity index is 2.36. The van der Waals surface area contributed by atoms with Crippen LogP contribution >= 0.6 is 12.2 Å². The molecule has 1 aromatic carbocycles. The fraction of sp³-hybridized carbons (Fsp3) is 0. The highest BCUT2D eigenvalue weighted by atomic mass is 32.1. The van der Waals surface area contributed by atoms with Crippen LogP contribution in [0.3, 0.4) is 0 Å². The molecular weight excluding hydrogens is 254 g/mol. The highest BCUT2D eigenvalue weighted by Gasteiger charge is 2.09. The quantitative estimate of drug-likeness (QED) is 0.501. The lowest BCUT2D eigenvalue weighted by Gasteiger charge is -2.07. The summed E-state index contributed by atoms with van der Waals surface area (Å²) in [5.74, 6) is -0.847. The van der Waals surface area contributed by atoms with Crippen molar-refractivity contribution in [3.63, 3.8) is 0 Å². The summed E-state index contributed by atoms with van der Waals surface area (Å²) in [6, 6.07) is 7.85. The van der Waals surface area contributed by atoms with Gasteiger partial charge in [-0.2, -0.15) is 5.10 Å². The maximum atomic E-state index is 10.9. The van der Waals surface area contributed by atoms with Crippen molar-refractivity contribution in [1.82, 2.24) is 10.2 Å². The molecule has 0 fully saturated rings. The van der Waals surface area contributed by atoms with Crippen LogP contribution in [0.4, 0.5) is 11.5 Å². The SMILES string of the molecule is O=C(O)c1cc(Nc2ccccc2O)n[nH]c1=S. The number of aromatic hydroxyl groups is 1. The van der Waals surface area contributed by atoms with Crippen LogP contribution in [0, 0.1) is 4.64 Å². The van der Waals surface area contributed by atoms with Gasteiger partial charge in [0.1, 0.15) is 10.4 Å². The van der Waals surface area contributed by atoms with E-state index in [1.54, 1.807) is 18.2 Å². The van der Waals surface area contributed by atoms with Gasteiger partial charge in [-0.3, -0.25) is 5.10 Å². The molecule has 2 aromatic rings. The first-order valence-corrected chi connectivity index (χ1v) is 5.37. The van der Waals surface area contributed by atoms with Gasteiger partial charge in [-0.15, -0.1) is 0 Å². The van der Waals surface area contributed by atoms with Gasteiger partial charge in [0.25, 0.3) is 0 Å². The predicted octanol–water partition coefficient (Wildman–Crippen LogP) is 2.29. The van der Waals surface area contributed by atoms with Crippen LogP contribution in [0.25, 0.3) is 0 Å². The van der Waals surface area contributed by atoms with Crippen molar-refractivity contribution in [2.24, 2.45) is 0 Å². The standard InChI is InChI=1S/C11H9N3O3S/c15-8-4-2-1-3-7(8)12-9-5-6(11(16)17)10(18)14-13-9/h1-5,15H,(H,12,13)(H,14,18)(H,16,17). The minimum absolute atomic E-state index is 0.0404. The molecule has 4 N–H and O–H groups in total. The summed E-state index contributed by atoms with van der Waals surface area (Å²) in [7, 11) is 0. The van der Waals surface area contributed by atoms with Crippen molar-refractivity contribution < 1.29 is 15.0 Å². The Morgan fingerprint density at radius 1 is 1.39 bits per heavy atom. The number of hydrogen-bond donors (Lipinski definition) is 4. The third kappa shape index (κ3) is 2.46. The number of nitrogens with one attached hydrogen (secondary N) is 2. The van der Waals surface area contributed by atoms with Crippen LogP contribution in [0.2, 0.25) is 0 Å². The average Bonchev–Trinajstić information content (AvgIpc) is 2.34. The molecule has 0 spiro atoms. The van der Waals surface area contributed by atoms with E-state index in [0.29, 0.717) is 5.69 Å². The van der Waals surface area contributed by atoms with Gasteiger partial charge >= 0.3 is 5.97 Å². The molecule has 0 bridgehead atoms. The summed E-state index contributed by atoms with van der Waals surface area (Å²) in [5.41, 5.74) is 0.366. The molecule has 0 aliphatic heterocycles. The van der Waals surface area contributed by atoms with Crippen molar-refractivity contribution in [2.45, 2.75) is 0 Å². The van der Waals surface area contributed by atoms with E-state index in [4.69, 9.17) is 17.3 Å². The Morgan fingerprint density at radius 3 is 2.78 bits per heavy atom. The van der Waals surface area contributed by atoms with E-state index in [0.717, 1.165) is 0 Å². The normalized spacial score (nSPS) is 10.0. The number of aromatic amines is 1. The highest BCUT2D eigenvalue weighted by molar-refractivity contribution is 7.71. The number of carbonyl (C=O) groups is 1. The maximum Gasteiger partial charge on any atom is 0.338 e. The zero-order valence-electron chi connectivity index (χ0n) is 9.04. The summed E-state index contributed by atoms with van der Waals surface area (Å²) >= 11 is 4.80. The van der Waals surface area contributed by atoms with Crippen molar-refractivity contribution >= 4 is 29.7 Å². The Morgan fingerprint density at radius 2 is 2.11 bits per heavy atom. The number of nitrogens with zero attached hydrogens (tertiary/aromatic N) is 1. The van der Waals surface area contributed by atoms with Crippen LogP contribution < -0.4 is 5.32 Å². The van der Waals surface area contributed by atoms with Crippen molar-refractivity contribution in [3.8, 4) is 5.75 Å². The molecule has 0 aliphatic rings. The number of rotatable bonds is 3. The molecular formula is C11H9N3O3S. The monoisotopic (exact) mass is 263 g/mol. The Kier molecular flexibility index (Phi) is 3.24.